The molecular weight excluding hydrogens is 380 g/mol. The highest BCUT2D eigenvalue weighted by atomic mass is 35.5. The number of methoxy groups -OCH3 is 2. The minimum atomic E-state index is -3.97. The Balaban J connectivity index is 2.19. The Morgan fingerprint density at radius 3 is 2.50 bits per heavy atom. The Labute approximate surface area is 157 Å². The van der Waals surface area contributed by atoms with Crippen molar-refractivity contribution in [1.29, 1.82) is 0 Å². The Morgan fingerprint density at radius 1 is 1.15 bits per heavy atom. The molecule has 0 saturated carbocycles. The molecule has 0 unspecified atom stereocenters. The van der Waals surface area contributed by atoms with E-state index in [2.05, 4.69) is 5.32 Å². The van der Waals surface area contributed by atoms with Crippen LogP contribution >= 0.6 is 11.6 Å². The summed E-state index contributed by atoms with van der Waals surface area (Å²) in [5.41, 5.74) is 0.479. The first-order valence-electron chi connectivity index (χ1n) is 7.51. The molecule has 0 aromatic heterocycles. The predicted molar refractivity (Wildman–Crippen MR) is 99.4 cm³/mol. The van der Waals surface area contributed by atoms with Crippen molar-refractivity contribution in [2.75, 3.05) is 33.1 Å². The molecule has 2 rings (SSSR count). The highest BCUT2D eigenvalue weighted by Gasteiger charge is 2.27. The smallest absolute Gasteiger partial charge is 0.247 e. The molecule has 7 nitrogen and oxygen atoms in total. The van der Waals surface area contributed by atoms with Gasteiger partial charge in [-0.2, -0.15) is 4.31 Å². The van der Waals surface area contributed by atoms with E-state index in [1.807, 2.05) is 0 Å². The largest absolute Gasteiger partial charge is 0.497 e. The lowest BCUT2D eigenvalue weighted by molar-refractivity contribution is -0.116. The standard InChI is InChI=1S/C17H19ClN2O5S/c1-20(11-17(21)19-13-6-4-5-12(18)9-13)26(22,23)16-10-14(24-2)7-8-15(16)25-3/h4-10H,11H2,1-3H3,(H,19,21). The number of halogens is 1. The number of ether oxygens (including phenoxy) is 2. The van der Waals surface area contributed by atoms with Gasteiger partial charge in [0.05, 0.1) is 20.8 Å². The van der Waals surface area contributed by atoms with Gasteiger partial charge in [0.2, 0.25) is 15.9 Å². The molecule has 2 aromatic carbocycles. The van der Waals surface area contributed by atoms with Crippen molar-refractivity contribution in [2.24, 2.45) is 0 Å². The van der Waals surface area contributed by atoms with Gasteiger partial charge in [0.15, 0.2) is 0 Å². The zero-order valence-electron chi connectivity index (χ0n) is 14.5. The van der Waals surface area contributed by atoms with Crippen LogP contribution in [0.25, 0.3) is 0 Å². The third-order valence-corrected chi connectivity index (χ3v) is 5.59. The van der Waals surface area contributed by atoms with Crippen LogP contribution in [0, 0.1) is 0 Å². The molecule has 0 aliphatic rings. The number of likely N-dealkylation sites (N-methyl/N-ethyl adjacent to an activating group) is 1. The highest BCUT2D eigenvalue weighted by molar-refractivity contribution is 7.89. The summed E-state index contributed by atoms with van der Waals surface area (Å²) in [7, 11) is 0.142. The van der Waals surface area contributed by atoms with Crippen LogP contribution in [0.2, 0.25) is 5.02 Å². The number of anilines is 1. The van der Waals surface area contributed by atoms with Gasteiger partial charge in [-0.3, -0.25) is 4.79 Å². The Bertz CT molecular complexity index is 902. The first kappa shape index (κ1) is 20.0. The SMILES string of the molecule is COc1ccc(OC)c(S(=O)(=O)N(C)CC(=O)Nc2cccc(Cl)c2)c1. The van der Waals surface area contributed by atoms with Crippen molar-refractivity contribution in [3.8, 4) is 11.5 Å². The van der Waals surface area contributed by atoms with E-state index in [4.69, 9.17) is 21.1 Å². The predicted octanol–water partition coefficient (Wildman–Crippen LogP) is 2.62. The minimum absolute atomic E-state index is 0.0857. The topological polar surface area (TPSA) is 84.9 Å². The number of rotatable bonds is 7. The summed E-state index contributed by atoms with van der Waals surface area (Å²) in [6.45, 7) is -0.380. The molecule has 1 amide bonds. The van der Waals surface area contributed by atoms with Crippen LogP contribution in [-0.4, -0.2) is 46.4 Å². The van der Waals surface area contributed by atoms with Crippen molar-refractivity contribution in [2.45, 2.75) is 4.90 Å². The van der Waals surface area contributed by atoms with E-state index in [0.29, 0.717) is 16.5 Å². The first-order chi connectivity index (χ1) is 12.3. The van der Waals surface area contributed by atoms with E-state index in [-0.39, 0.29) is 17.2 Å². The Morgan fingerprint density at radius 2 is 1.88 bits per heavy atom. The van der Waals surface area contributed by atoms with E-state index in [9.17, 15) is 13.2 Å². The van der Waals surface area contributed by atoms with Crippen molar-refractivity contribution in [3.05, 3.63) is 47.5 Å². The Hall–Kier alpha value is -2.29. The van der Waals surface area contributed by atoms with Gasteiger partial charge >= 0.3 is 0 Å². The number of hydrogen-bond donors (Lipinski definition) is 1. The number of nitrogens with zero attached hydrogens (tertiary/aromatic N) is 1. The third kappa shape index (κ3) is 4.66. The van der Waals surface area contributed by atoms with Gasteiger partial charge in [0.25, 0.3) is 0 Å². The van der Waals surface area contributed by atoms with Gasteiger partial charge in [-0.1, -0.05) is 17.7 Å². The number of carbonyl (C=O) groups is 1. The number of benzene rings is 2. The zero-order chi connectivity index (χ0) is 19.3. The fourth-order valence-electron chi connectivity index (χ4n) is 2.21. The van der Waals surface area contributed by atoms with Gasteiger partial charge in [-0.15, -0.1) is 0 Å². The highest BCUT2D eigenvalue weighted by Crippen LogP contribution is 2.30. The molecule has 0 spiro atoms. The summed E-state index contributed by atoms with van der Waals surface area (Å²) < 4.78 is 36.7. The van der Waals surface area contributed by atoms with Crippen LogP contribution in [0.5, 0.6) is 11.5 Å². The van der Waals surface area contributed by atoms with Crippen LogP contribution in [0.3, 0.4) is 0 Å². The lowest BCUT2D eigenvalue weighted by Crippen LogP contribution is -2.35. The number of sulfonamides is 1. The monoisotopic (exact) mass is 398 g/mol. The Kier molecular flexibility index (Phi) is 6.47. The number of hydrogen-bond acceptors (Lipinski definition) is 5. The fourth-order valence-corrected chi connectivity index (χ4v) is 3.69. The molecule has 0 aliphatic carbocycles. The number of amides is 1. The lowest BCUT2D eigenvalue weighted by atomic mass is 10.3. The molecule has 0 saturated heterocycles. The minimum Gasteiger partial charge on any atom is -0.497 e. The molecule has 0 heterocycles. The maximum atomic E-state index is 12.8. The van der Waals surface area contributed by atoms with Gasteiger partial charge in [0, 0.05) is 23.8 Å². The average Bonchev–Trinajstić information content (AvgIpc) is 2.60. The fraction of sp³-hybridized carbons (Fsp3) is 0.235. The number of nitrogens with one attached hydrogen (secondary N) is 1. The van der Waals surface area contributed by atoms with Gasteiger partial charge < -0.3 is 14.8 Å². The van der Waals surface area contributed by atoms with Crippen molar-refractivity contribution >= 4 is 33.2 Å². The third-order valence-electron chi connectivity index (χ3n) is 3.53. The van der Waals surface area contributed by atoms with Crippen molar-refractivity contribution in [3.63, 3.8) is 0 Å². The maximum absolute atomic E-state index is 12.8. The van der Waals surface area contributed by atoms with E-state index >= 15 is 0 Å². The zero-order valence-corrected chi connectivity index (χ0v) is 16.1. The van der Waals surface area contributed by atoms with E-state index in [0.717, 1.165) is 4.31 Å². The maximum Gasteiger partial charge on any atom is 0.247 e. The van der Waals surface area contributed by atoms with E-state index in [1.165, 1.54) is 33.4 Å². The molecular formula is C17H19ClN2O5S. The molecule has 140 valence electrons. The summed E-state index contributed by atoms with van der Waals surface area (Å²) in [6, 6.07) is 11.0. The second-order valence-electron chi connectivity index (χ2n) is 5.34. The summed E-state index contributed by atoms with van der Waals surface area (Å²) in [6.07, 6.45) is 0. The number of carbonyl (C=O) groups excluding carboxylic acids is 1. The molecule has 0 bridgehead atoms. The molecule has 0 fully saturated rings. The normalized spacial score (nSPS) is 11.3. The van der Waals surface area contributed by atoms with E-state index in [1.54, 1.807) is 30.3 Å². The molecule has 1 N–H and O–H groups in total. The van der Waals surface area contributed by atoms with Gasteiger partial charge in [-0.05, 0) is 30.3 Å². The van der Waals surface area contributed by atoms with Crippen LogP contribution < -0.4 is 14.8 Å². The summed E-state index contributed by atoms with van der Waals surface area (Å²) in [5, 5.41) is 3.07. The summed E-state index contributed by atoms with van der Waals surface area (Å²) in [5.74, 6) is 0.0225. The lowest BCUT2D eigenvalue weighted by Gasteiger charge is -2.19. The summed E-state index contributed by atoms with van der Waals surface area (Å²) in [4.78, 5) is 12.1. The van der Waals surface area contributed by atoms with Gasteiger partial charge in [0.1, 0.15) is 16.4 Å². The van der Waals surface area contributed by atoms with Crippen molar-refractivity contribution < 1.29 is 22.7 Å². The molecule has 0 aliphatic heterocycles. The van der Waals surface area contributed by atoms with Crippen LogP contribution in [0.1, 0.15) is 0 Å². The van der Waals surface area contributed by atoms with E-state index < -0.39 is 15.9 Å². The van der Waals surface area contributed by atoms with Gasteiger partial charge in [-0.25, -0.2) is 8.42 Å². The second-order valence-corrected chi connectivity index (χ2v) is 7.79. The van der Waals surface area contributed by atoms with Crippen LogP contribution in [0.15, 0.2) is 47.4 Å². The molecule has 0 atom stereocenters. The molecule has 26 heavy (non-hydrogen) atoms. The van der Waals surface area contributed by atoms with Crippen LogP contribution in [-0.2, 0) is 14.8 Å². The molecule has 2 aromatic rings. The van der Waals surface area contributed by atoms with Crippen molar-refractivity contribution in [1.82, 2.24) is 4.31 Å². The summed E-state index contributed by atoms with van der Waals surface area (Å²) >= 11 is 5.87. The second kappa shape index (κ2) is 8.39. The molecule has 9 heteroatoms. The van der Waals surface area contributed by atoms with Crippen LogP contribution in [0.4, 0.5) is 5.69 Å². The average molecular weight is 399 g/mol. The first-order valence-corrected chi connectivity index (χ1v) is 9.33. The quantitative estimate of drug-likeness (QED) is 0.774. The molecule has 0 radical (unpaired) electrons.